The Kier molecular flexibility index (Phi) is 3.35. The van der Waals surface area contributed by atoms with Crippen molar-refractivity contribution in [1.82, 2.24) is 20.4 Å². The number of nitrogen functional groups attached to an aromatic ring is 1. The van der Waals surface area contributed by atoms with Crippen LogP contribution in [0.15, 0.2) is 30.3 Å². The van der Waals surface area contributed by atoms with Gasteiger partial charge in [0.15, 0.2) is 5.82 Å². The Morgan fingerprint density at radius 3 is 2.52 bits per heavy atom. The van der Waals surface area contributed by atoms with Gasteiger partial charge in [-0.1, -0.05) is 23.7 Å². The van der Waals surface area contributed by atoms with Crippen molar-refractivity contribution in [2.75, 3.05) is 5.73 Å². The molecule has 0 aliphatic rings. The van der Waals surface area contributed by atoms with Gasteiger partial charge in [-0.2, -0.15) is 15.3 Å². The van der Waals surface area contributed by atoms with Crippen molar-refractivity contribution in [2.24, 2.45) is 0 Å². The van der Waals surface area contributed by atoms with Crippen molar-refractivity contribution < 1.29 is 0 Å². The molecule has 0 spiro atoms. The largest absolute Gasteiger partial charge is 0.382 e. The fourth-order valence-corrected chi connectivity index (χ4v) is 2.39. The van der Waals surface area contributed by atoms with Gasteiger partial charge in [0.1, 0.15) is 0 Å². The van der Waals surface area contributed by atoms with E-state index in [0.717, 1.165) is 33.8 Å². The summed E-state index contributed by atoms with van der Waals surface area (Å²) in [6.07, 6.45) is 0. The van der Waals surface area contributed by atoms with Crippen LogP contribution < -0.4 is 5.73 Å². The molecule has 2 aromatic heterocycles. The molecule has 5 nitrogen and oxygen atoms in total. The van der Waals surface area contributed by atoms with Gasteiger partial charge in [-0.25, -0.2) is 0 Å². The van der Waals surface area contributed by atoms with Gasteiger partial charge in [0.25, 0.3) is 0 Å². The molecule has 0 aliphatic heterocycles. The topological polar surface area (TPSA) is 80.5 Å². The quantitative estimate of drug-likeness (QED) is 0.760. The lowest BCUT2D eigenvalue weighted by molar-refractivity contribution is 0.940. The van der Waals surface area contributed by atoms with Crippen molar-refractivity contribution in [1.29, 1.82) is 0 Å². The Balaban J connectivity index is 2.21. The molecule has 0 unspecified atom stereocenters. The minimum Gasteiger partial charge on any atom is -0.382 e. The minimum atomic E-state index is 0.446. The van der Waals surface area contributed by atoms with Crippen LogP contribution in [0.4, 0.5) is 5.82 Å². The normalized spacial score (nSPS) is 10.8. The van der Waals surface area contributed by atoms with Gasteiger partial charge in [0.2, 0.25) is 0 Å². The summed E-state index contributed by atoms with van der Waals surface area (Å²) in [6, 6.07) is 9.47. The van der Waals surface area contributed by atoms with E-state index >= 15 is 0 Å². The van der Waals surface area contributed by atoms with Crippen LogP contribution in [0.3, 0.4) is 0 Å². The number of H-pyrrole nitrogens is 1. The molecular weight excluding hydrogens is 286 g/mol. The predicted molar refractivity (Wildman–Crippen MR) is 83.9 cm³/mol. The second-order valence-electron chi connectivity index (χ2n) is 4.85. The van der Waals surface area contributed by atoms with E-state index in [4.69, 9.17) is 17.3 Å². The van der Waals surface area contributed by atoms with E-state index in [-0.39, 0.29) is 0 Å². The maximum atomic E-state index is 6.03. The van der Waals surface area contributed by atoms with E-state index in [9.17, 15) is 0 Å². The Morgan fingerprint density at radius 2 is 1.81 bits per heavy atom. The van der Waals surface area contributed by atoms with E-state index in [0.29, 0.717) is 10.8 Å². The number of halogens is 1. The van der Waals surface area contributed by atoms with Crippen molar-refractivity contribution in [3.05, 3.63) is 46.7 Å². The van der Waals surface area contributed by atoms with Crippen molar-refractivity contribution >= 4 is 17.4 Å². The summed E-state index contributed by atoms with van der Waals surface area (Å²) < 4.78 is 0. The summed E-state index contributed by atoms with van der Waals surface area (Å²) in [5, 5.41) is 16.0. The Labute approximate surface area is 127 Å². The third-order valence-electron chi connectivity index (χ3n) is 3.30. The molecule has 0 fully saturated rings. The first kappa shape index (κ1) is 13.6. The molecule has 1 aromatic carbocycles. The van der Waals surface area contributed by atoms with Gasteiger partial charge in [-0.3, -0.25) is 5.10 Å². The number of rotatable bonds is 2. The SMILES string of the molecule is Cc1cc(-c2[nH]nc(N)c2-c2ccc(Cl)cc2)c(C)nn1. The van der Waals surface area contributed by atoms with Crippen LogP contribution in [0.5, 0.6) is 0 Å². The molecule has 3 N–H and O–H groups in total. The van der Waals surface area contributed by atoms with E-state index in [1.54, 1.807) is 0 Å². The number of aromatic amines is 1. The number of anilines is 1. The number of nitrogens with two attached hydrogens (primary N) is 1. The fraction of sp³-hybridized carbons (Fsp3) is 0.133. The smallest absolute Gasteiger partial charge is 0.153 e. The Morgan fingerprint density at radius 1 is 1.10 bits per heavy atom. The van der Waals surface area contributed by atoms with Crippen molar-refractivity contribution in [3.8, 4) is 22.4 Å². The van der Waals surface area contributed by atoms with Crippen molar-refractivity contribution in [3.63, 3.8) is 0 Å². The molecule has 21 heavy (non-hydrogen) atoms. The Bertz CT molecular complexity index is 792. The van der Waals surface area contributed by atoms with Gasteiger partial charge in [0.05, 0.1) is 22.6 Å². The van der Waals surface area contributed by atoms with Crippen LogP contribution in [0, 0.1) is 13.8 Å². The van der Waals surface area contributed by atoms with Crippen LogP contribution in [-0.4, -0.2) is 20.4 Å². The van der Waals surface area contributed by atoms with E-state index < -0.39 is 0 Å². The molecule has 0 saturated carbocycles. The molecule has 106 valence electrons. The molecule has 0 radical (unpaired) electrons. The van der Waals surface area contributed by atoms with Crippen LogP contribution >= 0.6 is 11.6 Å². The molecule has 0 aliphatic carbocycles. The van der Waals surface area contributed by atoms with Crippen LogP contribution in [0.2, 0.25) is 5.02 Å². The first-order valence-corrected chi connectivity index (χ1v) is 6.85. The summed E-state index contributed by atoms with van der Waals surface area (Å²) in [7, 11) is 0. The van der Waals surface area contributed by atoms with E-state index in [1.807, 2.05) is 44.2 Å². The highest BCUT2D eigenvalue weighted by molar-refractivity contribution is 6.30. The number of aromatic nitrogens is 4. The maximum Gasteiger partial charge on any atom is 0.153 e. The molecule has 0 bridgehead atoms. The number of nitrogens with one attached hydrogen (secondary N) is 1. The van der Waals surface area contributed by atoms with Gasteiger partial charge in [-0.15, -0.1) is 0 Å². The first-order valence-electron chi connectivity index (χ1n) is 6.47. The molecule has 2 heterocycles. The number of aryl methyl sites for hydroxylation is 2. The zero-order valence-corrected chi connectivity index (χ0v) is 12.4. The summed E-state index contributed by atoms with van der Waals surface area (Å²) in [6.45, 7) is 3.81. The van der Waals surface area contributed by atoms with E-state index in [2.05, 4.69) is 20.4 Å². The van der Waals surface area contributed by atoms with Gasteiger partial charge in [-0.05, 0) is 37.6 Å². The summed E-state index contributed by atoms with van der Waals surface area (Å²) >= 11 is 5.94. The first-order chi connectivity index (χ1) is 10.1. The number of hydrogen-bond donors (Lipinski definition) is 2. The molecule has 0 atom stereocenters. The van der Waals surface area contributed by atoms with Crippen LogP contribution in [0.25, 0.3) is 22.4 Å². The van der Waals surface area contributed by atoms with Crippen LogP contribution in [-0.2, 0) is 0 Å². The summed E-state index contributed by atoms with van der Waals surface area (Å²) in [5.74, 6) is 0.446. The van der Waals surface area contributed by atoms with E-state index in [1.165, 1.54) is 0 Å². The molecule has 6 heteroatoms. The molecule has 0 saturated heterocycles. The van der Waals surface area contributed by atoms with Gasteiger partial charge >= 0.3 is 0 Å². The fourth-order valence-electron chi connectivity index (χ4n) is 2.26. The van der Waals surface area contributed by atoms with Crippen LogP contribution in [0.1, 0.15) is 11.4 Å². The number of nitrogens with zero attached hydrogens (tertiary/aromatic N) is 3. The lowest BCUT2D eigenvalue weighted by Crippen LogP contribution is -1.95. The molecular formula is C15H14ClN5. The highest BCUT2D eigenvalue weighted by Crippen LogP contribution is 2.36. The number of hydrogen-bond acceptors (Lipinski definition) is 4. The average molecular weight is 300 g/mol. The highest BCUT2D eigenvalue weighted by Gasteiger charge is 2.17. The number of benzene rings is 1. The third kappa shape index (κ3) is 2.48. The second kappa shape index (κ2) is 5.18. The summed E-state index contributed by atoms with van der Waals surface area (Å²) in [4.78, 5) is 0. The van der Waals surface area contributed by atoms with Gasteiger partial charge in [0, 0.05) is 10.6 Å². The zero-order chi connectivity index (χ0) is 15.0. The van der Waals surface area contributed by atoms with Crippen molar-refractivity contribution in [2.45, 2.75) is 13.8 Å². The van der Waals surface area contributed by atoms with Gasteiger partial charge < -0.3 is 5.73 Å². The lowest BCUT2D eigenvalue weighted by atomic mass is 10.00. The zero-order valence-electron chi connectivity index (χ0n) is 11.7. The average Bonchev–Trinajstić information content (AvgIpc) is 2.84. The highest BCUT2D eigenvalue weighted by atomic mass is 35.5. The molecule has 3 aromatic rings. The second-order valence-corrected chi connectivity index (χ2v) is 5.29. The Hall–Kier alpha value is -2.40. The third-order valence-corrected chi connectivity index (χ3v) is 3.55. The maximum absolute atomic E-state index is 6.03. The lowest BCUT2D eigenvalue weighted by Gasteiger charge is -2.07. The standard InChI is InChI=1S/C15H14ClN5/c1-8-7-12(9(2)19-18-8)14-13(15(17)21-20-14)10-3-5-11(16)6-4-10/h3-7H,1-2H3,(H3,17,20,21). The predicted octanol–water partition coefficient (Wildman–Crippen LogP) is 3.39. The summed E-state index contributed by atoms with van der Waals surface area (Å²) in [5.41, 5.74) is 11.3. The molecule has 0 amide bonds. The monoisotopic (exact) mass is 299 g/mol. The minimum absolute atomic E-state index is 0.446. The molecule has 3 rings (SSSR count).